The van der Waals surface area contributed by atoms with Crippen molar-refractivity contribution in [1.82, 2.24) is 14.6 Å². The number of rotatable bonds is 10. The number of hydrogen-bond donors (Lipinski definition) is 2. The number of sulfonamides is 1. The highest BCUT2D eigenvalue weighted by molar-refractivity contribution is 7.89. The second kappa shape index (κ2) is 10.7. The Morgan fingerprint density at radius 1 is 0.971 bits per heavy atom. The summed E-state index contributed by atoms with van der Waals surface area (Å²) in [5.41, 5.74) is 2.63. The zero-order chi connectivity index (χ0) is 24.8. The number of oxazole rings is 1. The van der Waals surface area contributed by atoms with Crippen LogP contribution in [0.3, 0.4) is 0 Å². The monoisotopic (exact) mass is 493 g/mol. The number of benzene rings is 3. The van der Waals surface area contributed by atoms with Gasteiger partial charge in [-0.1, -0.05) is 60.7 Å². The van der Waals surface area contributed by atoms with E-state index in [-0.39, 0.29) is 16.9 Å². The molecule has 0 saturated carbocycles. The van der Waals surface area contributed by atoms with Crippen LogP contribution in [0.4, 0.5) is 0 Å². The SMILES string of the molecule is Cn1c(=O)oc2cc(S(=O)(=O)NC(Cc3ccccc3)C(=O)NCCCc3ccccc3)ccc21. The van der Waals surface area contributed by atoms with Crippen LogP contribution in [0.1, 0.15) is 17.5 Å². The minimum atomic E-state index is -4.08. The molecule has 4 aromatic rings. The molecule has 0 aliphatic carbocycles. The van der Waals surface area contributed by atoms with E-state index in [2.05, 4.69) is 10.0 Å². The molecule has 0 radical (unpaired) electrons. The van der Waals surface area contributed by atoms with Gasteiger partial charge in [-0.25, -0.2) is 13.2 Å². The number of aromatic nitrogens is 1. The van der Waals surface area contributed by atoms with Crippen LogP contribution >= 0.6 is 0 Å². The van der Waals surface area contributed by atoms with Crippen molar-refractivity contribution in [3.63, 3.8) is 0 Å². The van der Waals surface area contributed by atoms with Gasteiger partial charge < -0.3 is 9.73 Å². The number of carbonyl (C=O) groups is 1. The minimum absolute atomic E-state index is 0.0886. The van der Waals surface area contributed by atoms with E-state index >= 15 is 0 Å². The van der Waals surface area contributed by atoms with Crippen molar-refractivity contribution in [2.75, 3.05) is 6.54 Å². The molecule has 8 nitrogen and oxygen atoms in total. The van der Waals surface area contributed by atoms with Crippen molar-refractivity contribution in [2.45, 2.75) is 30.2 Å². The summed E-state index contributed by atoms with van der Waals surface area (Å²) < 4.78 is 35.3. The van der Waals surface area contributed by atoms with Gasteiger partial charge in [0.25, 0.3) is 0 Å². The van der Waals surface area contributed by atoms with E-state index in [0.717, 1.165) is 18.4 Å². The van der Waals surface area contributed by atoms with Crippen molar-refractivity contribution in [2.24, 2.45) is 7.05 Å². The third kappa shape index (κ3) is 6.06. The first kappa shape index (κ1) is 24.4. The molecular formula is C26H27N3O5S. The second-order valence-electron chi connectivity index (χ2n) is 8.30. The molecule has 3 aromatic carbocycles. The van der Waals surface area contributed by atoms with Crippen LogP contribution in [-0.2, 0) is 34.7 Å². The molecule has 182 valence electrons. The first-order valence-electron chi connectivity index (χ1n) is 11.3. The molecule has 0 spiro atoms. The molecule has 1 atom stereocenters. The van der Waals surface area contributed by atoms with Gasteiger partial charge in [0, 0.05) is 19.7 Å². The number of nitrogens with zero attached hydrogens (tertiary/aromatic N) is 1. The molecule has 1 heterocycles. The van der Waals surface area contributed by atoms with Crippen LogP contribution in [0.5, 0.6) is 0 Å². The average molecular weight is 494 g/mol. The molecule has 0 bridgehead atoms. The Morgan fingerprint density at radius 2 is 1.63 bits per heavy atom. The third-order valence-corrected chi connectivity index (χ3v) is 7.22. The van der Waals surface area contributed by atoms with Gasteiger partial charge in [-0.3, -0.25) is 9.36 Å². The summed E-state index contributed by atoms with van der Waals surface area (Å²) in [4.78, 5) is 24.7. The normalized spacial score (nSPS) is 12.5. The van der Waals surface area contributed by atoms with Gasteiger partial charge in [-0.15, -0.1) is 0 Å². The predicted octanol–water partition coefficient (Wildman–Crippen LogP) is 2.77. The maximum atomic E-state index is 13.2. The Hall–Kier alpha value is -3.69. The van der Waals surface area contributed by atoms with E-state index in [1.807, 2.05) is 60.7 Å². The van der Waals surface area contributed by atoms with Crippen LogP contribution in [0.15, 0.2) is 93.0 Å². The summed E-state index contributed by atoms with van der Waals surface area (Å²) in [6, 6.07) is 22.3. The molecule has 0 aliphatic rings. The Bertz CT molecular complexity index is 1460. The van der Waals surface area contributed by atoms with Crippen LogP contribution in [0.2, 0.25) is 0 Å². The Kier molecular flexibility index (Phi) is 7.48. The first-order valence-corrected chi connectivity index (χ1v) is 12.8. The number of carbonyl (C=O) groups excluding carboxylic acids is 1. The van der Waals surface area contributed by atoms with E-state index in [0.29, 0.717) is 12.1 Å². The Balaban J connectivity index is 1.49. The van der Waals surface area contributed by atoms with Gasteiger partial charge in [-0.05, 0) is 42.5 Å². The van der Waals surface area contributed by atoms with Crippen molar-refractivity contribution in [3.8, 4) is 0 Å². The Labute approximate surface area is 203 Å². The number of amides is 1. The molecule has 1 unspecified atom stereocenters. The fraction of sp³-hybridized carbons (Fsp3) is 0.231. The predicted molar refractivity (Wildman–Crippen MR) is 133 cm³/mol. The highest BCUT2D eigenvalue weighted by Gasteiger charge is 2.26. The van der Waals surface area contributed by atoms with E-state index in [4.69, 9.17) is 4.42 Å². The molecule has 2 N–H and O–H groups in total. The van der Waals surface area contributed by atoms with Gasteiger partial charge >= 0.3 is 5.76 Å². The maximum Gasteiger partial charge on any atom is 0.419 e. The highest BCUT2D eigenvalue weighted by Crippen LogP contribution is 2.19. The number of fused-ring (bicyclic) bond motifs is 1. The third-order valence-electron chi connectivity index (χ3n) is 5.75. The van der Waals surface area contributed by atoms with E-state index < -0.39 is 27.7 Å². The largest absolute Gasteiger partial charge is 0.419 e. The van der Waals surface area contributed by atoms with Crippen molar-refractivity contribution < 1.29 is 17.6 Å². The molecule has 0 saturated heterocycles. The first-order chi connectivity index (χ1) is 16.8. The van der Waals surface area contributed by atoms with Gasteiger partial charge in [0.15, 0.2) is 5.58 Å². The van der Waals surface area contributed by atoms with Crippen LogP contribution in [0.25, 0.3) is 11.1 Å². The quantitative estimate of drug-likeness (QED) is 0.330. The average Bonchev–Trinajstić information content (AvgIpc) is 3.15. The summed E-state index contributed by atoms with van der Waals surface area (Å²) in [6.07, 6.45) is 1.72. The van der Waals surface area contributed by atoms with Crippen LogP contribution in [-0.4, -0.2) is 31.5 Å². The Morgan fingerprint density at radius 3 is 2.31 bits per heavy atom. The van der Waals surface area contributed by atoms with Crippen molar-refractivity contribution >= 4 is 27.0 Å². The van der Waals surface area contributed by atoms with Crippen LogP contribution in [0, 0.1) is 0 Å². The van der Waals surface area contributed by atoms with Crippen LogP contribution < -0.4 is 15.8 Å². The molecule has 4 rings (SSSR count). The molecule has 35 heavy (non-hydrogen) atoms. The number of aryl methyl sites for hydroxylation is 2. The summed E-state index contributed by atoms with van der Waals surface area (Å²) in [5.74, 6) is -0.989. The number of nitrogens with one attached hydrogen (secondary N) is 2. The molecule has 0 fully saturated rings. The minimum Gasteiger partial charge on any atom is -0.408 e. The summed E-state index contributed by atoms with van der Waals surface area (Å²) >= 11 is 0. The maximum absolute atomic E-state index is 13.2. The zero-order valence-electron chi connectivity index (χ0n) is 19.3. The van der Waals surface area contributed by atoms with Gasteiger partial charge in [0.05, 0.1) is 10.4 Å². The van der Waals surface area contributed by atoms with Gasteiger partial charge in [-0.2, -0.15) is 4.72 Å². The second-order valence-corrected chi connectivity index (χ2v) is 10.0. The topological polar surface area (TPSA) is 110 Å². The van der Waals surface area contributed by atoms with Crippen molar-refractivity contribution in [3.05, 3.63) is 101 Å². The fourth-order valence-electron chi connectivity index (χ4n) is 3.85. The highest BCUT2D eigenvalue weighted by atomic mass is 32.2. The zero-order valence-corrected chi connectivity index (χ0v) is 20.1. The molecular weight excluding hydrogens is 466 g/mol. The molecule has 1 aromatic heterocycles. The standard InChI is InChI=1S/C26H27N3O5S/c1-29-23-15-14-21(18-24(23)34-26(29)31)35(32,33)28-22(17-20-11-6-3-7-12-20)25(30)27-16-8-13-19-9-4-2-5-10-19/h2-7,9-12,14-15,18,22,28H,8,13,16-17H2,1H3,(H,27,30). The lowest BCUT2D eigenvalue weighted by Gasteiger charge is -2.19. The fourth-order valence-corrected chi connectivity index (χ4v) is 5.06. The summed E-state index contributed by atoms with van der Waals surface area (Å²) in [5, 5.41) is 2.86. The summed E-state index contributed by atoms with van der Waals surface area (Å²) in [7, 11) is -2.54. The van der Waals surface area contributed by atoms with Gasteiger partial charge in [0.2, 0.25) is 15.9 Å². The van der Waals surface area contributed by atoms with E-state index in [9.17, 15) is 18.0 Å². The lowest BCUT2D eigenvalue weighted by Crippen LogP contribution is -2.48. The van der Waals surface area contributed by atoms with E-state index in [1.54, 1.807) is 7.05 Å². The van der Waals surface area contributed by atoms with Crippen molar-refractivity contribution in [1.29, 1.82) is 0 Å². The molecule has 9 heteroatoms. The smallest absolute Gasteiger partial charge is 0.408 e. The summed E-state index contributed by atoms with van der Waals surface area (Å²) in [6.45, 7) is 0.419. The number of hydrogen-bond acceptors (Lipinski definition) is 5. The molecule has 1 amide bonds. The lowest BCUT2D eigenvalue weighted by atomic mass is 10.1. The van der Waals surface area contributed by atoms with Gasteiger partial charge in [0.1, 0.15) is 6.04 Å². The lowest BCUT2D eigenvalue weighted by molar-refractivity contribution is -0.122. The molecule has 0 aliphatic heterocycles. The van der Waals surface area contributed by atoms with E-state index in [1.165, 1.54) is 28.3 Å².